The van der Waals surface area contributed by atoms with Gasteiger partial charge >= 0.3 is 0 Å². The van der Waals surface area contributed by atoms with Gasteiger partial charge in [0.25, 0.3) is 0 Å². The molecule has 0 fully saturated rings. The van der Waals surface area contributed by atoms with Gasteiger partial charge in [0.2, 0.25) is 5.91 Å². The van der Waals surface area contributed by atoms with Crippen LogP contribution in [0.3, 0.4) is 0 Å². The molecular formula is C8H18N2O2. The Bertz CT molecular complexity index is 128. The molecule has 0 aromatic heterocycles. The third-order valence-electron chi connectivity index (χ3n) is 1.59. The van der Waals surface area contributed by atoms with Gasteiger partial charge in [-0.1, -0.05) is 6.92 Å². The Morgan fingerprint density at radius 1 is 1.58 bits per heavy atom. The Balaban J connectivity index is 3.33. The minimum Gasteiger partial charge on any atom is -0.395 e. The minimum atomic E-state index is -0.0159. The number of nitrogens with one attached hydrogen (secondary N) is 2. The topological polar surface area (TPSA) is 61.4 Å². The van der Waals surface area contributed by atoms with Crippen LogP contribution < -0.4 is 10.6 Å². The van der Waals surface area contributed by atoms with Gasteiger partial charge in [-0.15, -0.1) is 0 Å². The van der Waals surface area contributed by atoms with Crippen LogP contribution in [0, 0.1) is 0 Å². The molecule has 0 aliphatic rings. The number of aliphatic hydroxyl groups excluding tert-OH is 1. The lowest BCUT2D eigenvalue weighted by Gasteiger charge is -2.11. The average Bonchev–Trinajstić information content (AvgIpc) is 2.05. The molecule has 1 amide bonds. The highest BCUT2D eigenvalue weighted by molar-refractivity contribution is 5.78. The third kappa shape index (κ3) is 6.12. The highest BCUT2D eigenvalue weighted by atomic mass is 16.3. The normalized spacial score (nSPS) is 12.6. The molecule has 0 saturated heterocycles. The van der Waals surface area contributed by atoms with E-state index in [9.17, 15) is 4.79 Å². The summed E-state index contributed by atoms with van der Waals surface area (Å²) in [6.45, 7) is 4.80. The first-order valence-corrected chi connectivity index (χ1v) is 4.31. The lowest BCUT2D eigenvalue weighted by molar-refractivity contribution is -0.120. The summed E-state index contributed by atoms with van der Waals surface area (Å²) in [5.41, 5.74) is 0. The van der Waals surface area contributed by atoms with E-state index in [1.807, 2.05) is 13.8 Å². The number of aliphatic hydroxyl groups is 1. The Kier molecular flexibility index (Phi) is 6.70. The second kappa shape index (κ2) is 7.06. The van der Waals surface area contributed by atoms with Crippen molar-refractivity contribution in [2.24, 2.45) is 0 Å². The molecule has 0 bridgehead atoms. The van der Waals surface area contributed by atoms with Gasteiger partial charge in [-0.05, 0) is 13.3 Å². The van der Waals surface area contributed by atoms with Crippen LogP contribution in [-0.2, 0) is 4.79 Å². The van der Waals surface area contributed by atoms with E-state index in [0.717, 1.165) is 6.42 Å². The van der Waals surface area contributed by atoms with Gasteiger partial charge in [0.05, 0.1) is 13.2 Å². The van der Waals surface area contributed by atoms with Crippen molar-refractivity contribution < 1.29 is 9.90 Å². The number of carbonyl (C=O) groups excluding carboxylic acids is 1. The highest BCUT2D eigenvalue weighted by Crippen LogP contribution is 1.85. The summed E-state index contributed by atoms with van der Waals surface area (Å²) in [7, 11) is 0. The van der Waals surface area contributed by atoms with Crippen molar-refractivity contribution in [3.8, 4) is 0 Å². The smallest absolute Gasteiger partial charge is 0.234 e. The first-order chi connectivity index (χ1) is 5.70. The third-order valence-corrected chi connectivity index (χ3v) is 1.59. The second-order valence-corrected chi connectivity index (χ2v) is 2.78. The molecule has 0 aromatic carbocycles. The van der Waals surface area contributed by atoms with Gasteiger partial charge in [0, 0.05) is 12.6 Å². The molecule has 0 spiro atoms. The highest BCUT2D eigenvalue weighted by Gasteiger charge is 2.03. The second-order valence-electron chi connectivity index (χ2n) is 2.78. The Labute approximate surface area is 73.3 Å². The predicted octanol–water partition coefficient (Wildman–Crippen LogP) is -0.517. The molecule has 1 unspecified atom stereocenters. The Morgan fingerprint density at radius 3 is 2.75 bits per heavy atom. The van der Waals surface area contributed by atoms with Crippen molar-refractivity contribution >= 4 is 5.91 Å². The van der Waals surface area contributed by atoms with Crippen molar-refractivity contribution in [2.45, 2.75) is 26.3 Å². The summed E-state index contributed by atoms with van der Waals surface area (Å²) >= 11 is 0. The van der Waals surface area contributed by atoms with Crippen LogP contribution in [0.4, 0.5) is 0 Å². The molecule has 72 valence electrons. The first kappa shape index (κ1) is 11.4. The predicted molar refractivity (Wildman–Crippen MR) is 47.9 cm³/mol. The van der Waals surface area contributed by atoms with E-state index < -0.39 is 0 Å². The maximum absolute atomic E-state index is 11.0. The lowest BCUT2D eigenvalue weighted by atomic mass is 10.2. The number of amides is 1. The number of rotatable bonds is 6. The van der Waals surface area contributed by atoms with Crippen molar-refractivity contribution in [3.63, 3.8) is 0 Å². The van der Waals surface area contributed by atoms with Gasteiger partial charge in [-0.2, -0.15) is 0 Å². The monoisotopic (exact) mass is 174 g/mol. The maximum Gasteiger partial charge on any atom is 0.234 e. The molecule has 0 rings (SSSR count). The van der Waals surface area contributed by atoms with Crippen molar-refractivity contribution in [1.82, 2.24) is 10.6 Å². The van der Waals surface area contributed by atoms with E-state index in [-0.39, 0.29) is 25.1 Å². The fourth-order valence-corrected chi connectivity index (χ4v) is 0.709. The molecular weight excluding hydrogens is 156 g/mol. The average molecular weight is 174 g/mol. The van der Waals surface area contributed by atoms with E-state index in [1.54, 1.807) is 0 Å². The zero-order chi connectivity index (χ0) is 9.40. The van der Waals surface area contributed by atoms with Crippen LogP contribution in [-0.4, -0.2) is 36.8 Å². The summed E-state index contributed by atoms with van der Waals surface area (Å²) in [6.07, 6.45) is 0.936. The minimum absolute atomic E-state index is 0.0159. The zero-order valence-electron chi connectivity index (χ0n) is 7.76. The van der Waals surface area contributed by atoms with Crippen molar-refractivity contribution in [2.75, 3.05) is 19.7 Å². The van der Waals surface area contributed by atoms with Crippen LogP contribution >= 0.6 is 0 Å². The molecule has 3 N–H and O–H groups in total. The molecule has 0 heterocycles. The van der Waals surface area contributed by atoms with E-state index >= 15 is 0 Å². The molecule has 0 aromatic rings. The molecule has 1 atom stereocenters. The molecule has 0 aliphatic heterocycles. The number of carbonyl (C=O) groups is 1. The number of hydrogen-bond donors (Lipinski definition) is 3. The van der Waals surface area contributed by atoms with Crippen LogP contribution in [0.15, 0.2) is 0 Å². The van der Waals surface area contributed by atoms with Gasteiger partial charge in [-0.3, -0.25) is 4.79 Å². The summed E-state index contributed by atoms with van der Waals surface area (Å²) in [5, 5.41) is 14.0. The van der Waals surface area contributed by atoms with Crippen LogP contribution in [0.5, 0.6) is 0 Å². The van der Waals surface area contributed by atoms with E-state index in [2.05, 4.69) is 10.6 Å². The molecule has 0 radical (unpaired) electrons. The van der Waals surface area contributed by atoms with Crippen LogP contribution in [0.25, 0.3) is 0 Å². The Hall–Kier alpha value is -0.610. The first-order valence-electron chi connectivity index (χ1n) is 4.31. The van der Waals surface area contributed by atoms with Gasteiger partial charge in [-0.25, -0.2) is 0 Å². The van der Waals surface area contributed by atoms with Gasteiger partial charge in [0.1, 0.15) is 0 Å². The van der Waals surface area contributed by atoms with Gasteiger partial charge in [0.15, 0.2) is 0 Å². The summed E-state index contributed by atoms with van der Waals surface area (Å²) in [6, 6.07) is 0.230. The van der Waals surface area contributed by atoms with Crippen molar-refractivity contribution in [3.05, 3.63) is 0 Å². The quantitative estimate of drug-likeness (QED) is 0.475. The van der Waals surface area contributed by atoms with Crippen molar-refractivity contribution in [1.29, 1.82) is 0 Å². The zero-order valence-corrected chi connectivity index (χ0v) is 7.76. The van der Waals surface area contributed by atoms with Gasteiger partial charge < -0.3 is 15.7 Å². The molecule has 4 heteroatoms. The SMILES string of the molecule is CCC(C)NC(=O)CNCCO. The summed E-state index contributed by atoms with van der Waals surface area (Å²) in [5.74, 6) is -0.0159. The van der Waals surface area contributed by atoms with Crippen LogP contribution in [0.2, 0.25) is 0 Å². The lowest BCUT2D eigenvalue weighted by Crippen LogP contribution is -2.39. The standard InChI is InChI=1S/C8H18N2O2/c1-3-7(2)10-8(12)6-9-4-5-11/h7,9,11H,3-6H2,1-2H3,(H,10,12). The fourth-order valence-electron chi connectivity index (χ4n) is 0.709. The van der Waals surface area contributed by atoms with E-state index in [1.165, 1.54) is 0 Å². The largest absolute Gasteiger partial charge is 0.395 e. The van der Waals surface area contributed by atoms with Crippen LogP contribution in [0.1, 0.15) is 20.3 Å². The fraction of sp³-hybridized carbons (Fsp3) is 0.875. The molecule has 0 saturated carbocycles. The summed E-state index contributed by atoms with van der Waals surface area (Å²) < 4.78 is 0. The Morgan fingerprint density at radius 2 is 2.25 bits per heavy atom. The molecule has 12 heavy (non-hydrogen) atoms. The molecule has 0 aliphatic carbocycles. The molecule has 4 nitrogen and oxygen atoms in total. The van der Waals surface area contributed by atoms with E-state index in [4.69, 9.17) is 5.11 Å². The van der Waals surface area contributed by atoms with E-state index in [0.29, 0.717) is 6.54 Å². The number of hydrogen-bond acceptors (Lipinski definition) is 3. The summed E-state index contributed by atoms with van der Waals surface area (Å²) in [4.78, 5) is 11.0. The maximum atomic E-state index is 11.0.